The molecule has 0 aliphatic carbocycles. The predicted molar refractivity (Wildman–Crippen MR) is 86.7 cm³/mol. The first-order valence-corrected chi connectivity index (χ1v) is 8.98. The van der Waals surface area contributed by atoms with Crippen molar-refractivity contribution in [3.8, 4) is 0 Å². The minimum absolute atomic E-state index is 0.0160. The van der Waals surface area contributed by atoms with Crippen molar-refractivity contribution in [2.75, 3.05) is 6.61 Å². The van der Waals surface area contributed by atoms with E-state index in [1.165, 1.54) is 18.2 Å². The molecule has 6 heteroatoms. The average Bonchev–Trinajstić information content (AvgIpc) is 2.47. The molecule has 0 amide bonds. The summed E-state index contributed by atoms with van der Waals surface area (Å²) in [7, 11) is -3.75. The lowest BCUT2D eigenvalue weighted by Crippen LogP contribution is -2.08. The Morgan fingerprint density at radius 1 is 1.14 bits per heavy atom. The minimum Gasteiger partial charge on any atom is -0.266 e. The molecule has 0 bridgehead atoms. The Morgan fingerprint density at radius 2 is 1.82 bits per heavy atom. The van der Waals surface area contributed by atoms with E-state index in [2.05, 4.69) is 15.9 Å². The molecule has 2 rings (SSSR count). The Bertz CT molecular complexity index is 742. The molecule has 0 fully saturated rings. The zero-order valence-corrected chi connectivity index (χ0v) is 14.5. The topological polar surface area (TPSA) is 43.4 Å². The van der Waals surface area contributed by atoms with Crippen LogP contribution in [0, 0.1) is 12.7 Å². The van der Waals surface area contributed by atoms with Crippen LogP contribution >= 0.6 is 15.9 Å². The van der Waals surface area contributed by atoms with Gasteiger partial charge in [0.15, 0.2) is 0 Å². The third-order valence-electron chi connectivity index (χ3n) is 3.15. The Morgan fingerprint density at radius 3 is 2.50 bits per heavy atom. The Labute approximate surface area is 138 Å². The van der Waals surface area contributed by atoms with E-state index in [0.717, 1.165) is 10.0 Å². The van der Waals surface area contributed by atoms with Gasteiger partial charge in [0, 0.05) is 4.47 Å². The van der Waals surface area contributed by atoms with E-state index in [4.69, 9.17) is 4.18 Å². The Balaban J connectivity index is 1.90. The van der Waals surface area contributed by atoms with Crippen molar-refractivity contribution in [1.82, 2.24) is 0 Å². The third kappa shape index (κ3) is 4.63. The van der Waals surface area contributed by atoms with Gasteiger partial charge < -0.3 is 0 Å². The van der Waals surface area contributed by atoms with Crippen LogP contribution in [0.25, 0.3) is 0 Å². The average molecular weight is 387 g/mol. The highest BCUT2D eigenvalue weighted by Crippen LogP contribution is 2.18. The molecule has 0 saturated heterocycles. The molecule has 0 atom stereocenters. The van der Waals surface area contributed by atoms with Gasteiger partial charge in [0.25, 0.3) is 10.1 Å². The van der Waals surface area contributed by atoms with E-state index >= 15 is 0 Å². The van der Waals surface area contributed by atoms with Crippen molar-refractivity contribution >= 4 is 26.0 Å². The first kappa shape index (κ1) is 17.1. The maximum Gasteiger partial charge on any atom is 0.296 e. The Hall–Kier alpha value is -1.24. The molecule has 0 aliphatic heterocycles. The fourth-order valence-electron chi connectivity index (χ4n) is 1.94. The van der Waals surface area contributed by atoms with E-state index in [1.807, 2.05) is 6.92 Å². The molecule has 22 heavy (non-hydrogen) atoms. The quantitative estimate of drug-likeness (QED) is 0.550. The monoisotopic (exact) mass is 386 g/mol. The molecule has 3 nitrogen and oxygen atoms in total. The van der Waals surface area contributed by atoms with Crippen LogP contribution in [0.2, 0.25) is 0 Å². The summed E-state index contributed by atoms with van der Waals surface area (Å²) in [6, 6.07) is 11.1. The highest BCUT2D eigenvalue weighted by atomic mass is 79.9. The van der Waals surface area contributed by atoms with Gasteiger partial charge in [-0.25, -0.2) is 4.39 Å². The molecular formula is C16H16BrFO3S. The molecule has 2 aromatic rings. The minimum atomic E-state index is -3.75. The van der Waals surface area contributed by atoms with E-state index in [1.54, 1.807) is 24.3 Å². The Kier molecular flexibility index (Phi) is 5.72. The van der Waals surface area contributed by atoms with Gasteiger partial charge in [-0.1, -0.05) is 33.6 Å². The van der Waals surface area contributed by atoms with Gasteiger partial charge in [0.05, 0.1) is 11.5 Å². The van der Waals surface area contributed by atoms with Crippen molar-refractivity contribution < 1.29 is 17.0 Å². The summed E-state index contributed by atoms with van der Waals surface area (Å²) in [6.07, 6.45) is 0.827. The lowest BCUT2D eigenvalue weighted by Gasteiger charge is -2.07. The van der Waals surface area contributed by atoms with E-state index in [-0.39, 0.29) is 17.3 Å². The molecule has 2 aromatic carbocycles. The lowest BCUT2D eigenvalue weighted by atomic mass is 10.1. The molecule has 0 unspecified atom stereocenters. The van der Waals surface area contributed by atoms with E-state index in [0.29, 0.717) is 18.4 Å². The van der Waals surface area contributed by atoms with Crippen molar-refractivity contribution in [1.29, 1.82) is 0 Å². The van der Waals surface area contributed by atoms with E-state index in [9.17, 15) is 12.8 Å². The van der Waals surface area contributed by atoms with Crippen LogP contribution in [0.15, 0.2) is 51.8 Å². The smallest absolute Gasteiger partial charge is 0.266 e. The molecule has 0 radical (unpaired) electrons. The van der Waals surface area contributed by atoms with Crippen LogP contribution in [0.1, 0.15) is 17.5 Å². The summed E-state index contributed by atoms with van der Waals surface area (Å²) >= 11 is 3.28. The summed E-state index contributed by atoms with van der Waals surface area (Å²) < 4.78 is 43.3. The second kappa shape index (κ2) is 7.35. The first-order chi connectivity index (χ1) is 10.4. The van der Waals surface area contributed by atoms with E-state index < -0.39 is 10.1 Å². The molecule has 0 spiro atoms. The molecule has 0 aromatic heterocycles. The van der Waals surface area contributed by atoms with Crippen molar-refractivity contribution in [2.45, 2.75) is 24.7 Å². The van der Waals surface area contributed by atoms with Gasteiger partial charge in [-0.15, -0.1) is 0 Å². The first-order valence-electron chi connectivity index (χ1n) is 6.78. The van der Waals surface area contributed by atoms with Gasteiger partial charge in [0.2, 0.25) is 0 Å². The predicted octanol–water partition coefficient (Wildman–Crippen LogP) is 4.23. The highest BCUT2D eigenvalue weighted by molar-refractivity contribution is 9.10. The van der Waals surface area contributed by atoms with Crippen LogP contribution in [0.4, 0.5) is 4.39 Å². The van der Waals surface area contributed by atoms with Crippen LogP contribution in [0.5, 0.6) is 0 Å². The third-order valence-corrected chi connectivity index (χ3v) is 4.97. The summed E-state index contributed by atoms with van der Waals surface area (Å²) in [5, 5.41) is 0. The second-order valence-corrected chi connectivity index (χ2v) is 7.46. The summed E-state index contributed by atoms with van der Waals surface area (Å²) in [6.45, 7) is 1.89. The van der Waals surface area contributed by atoms with Crippen LogP contribution in [-0.2, 0) is 20.7 Å². The maximum atomic E-state index is 13.6. The van der Waals surface area contributed by atoms with Crippen LogP contribution < -0.4 is 0 Å². The normalized spacial score (nSPS) is 11.6. The molecular weight excluding hydrogens is 371 g/mol. The lowest BCUT2D eigenvalue weighted by molar-refractivity contribution is 0.311. The van der Waals surface area contributed by atoms with Gasteiger partial charge in [-0.2, -0.15) is 8.42 Å². The number of halogens is 2. The zero-order chi connectivity index (χ0) is 16.2. The molecule has 0 N–H and O–H groups in total. The largest absolute Gasteiger partial charge is 0.296 e. The number of hydrogen-bond acceptors (Lipinski definition) is 3. The molecule has 0 aliphatic rings. The summed E-state index contributed by atoms with van der Waals surface area (Å²) in [5.41, 5.74) is 1.51. The zero-order valence-electron chi connectivity index (χ0n) is 12.1. The molecule has 0 saturated carbocycles. The van der Waals surface area contributed by atoms with Crippen molar-refractivity contribution in [3.05, 3.63) is 63.9 Å². The molecule has 118 valence electrons. The fourth-order valence-corrected chi connectivity index (χ4v) is 3.29. The number of aryl methyl sites for hydroxylation is 2. The standard InChI is InChI=1S/C16H16BrFO3S/c1-12-4-7-15(8-5-12)22(19,20)21-10-2-3-13-11-14(17)6-9-16(13)18/h4-9,11H,2-3,10H2,1H3. The van der Waals surface area contributed by atoms with Crippen molar-refractivity contribution in [3.63, 3.8) is 0 Å². The fraction of sp³-hybridized carbons (Fsp3) is 0.250. The summed E-state index contributed by atoms with van der Waals surface area (Å²) in [4.78, 5) is 0.131. The summed E-state index contributed by atoms with van der Waals surface area (Å²) in [5.74, 6) is -0.301. The van der Waals surface area contributed by atoms with Gasteiger partial charge >= 0.3 is 0 Å². The highest BCUT2D eigenvalue weighted by Gasteiger charge is 2.14. The van der Waals surface area contributed by atoms with Gasteiger partial charge in [-0.3, -0.25) is 4.18 Å². The van der Waals surface area contributed by atoms with Crippen LogP contribution in [-0.4, -0.2) is 15.0 Å². The maximum absolute atomic E-state index is 13.6. The SMILES string of the molecule is Cc1ccc(S(=O)(=O)OCCCc2cc(Br)ccc2F)cc1. The van der Waals surface area contributed by atoms with Crippen LogP contribution in [0.3, 0.4) is 0 Å². The molecule has 0 heterocycles. The van der Waals surface area contributed by atoms with Gasteiger partial charge in [-0.05, 0) is 55.7 Å². The van der Waals surface area contributed by atoms with Crippen molar-refractivity contribution in [2.24, 2.45) is 0 Å². The number of benzene rings is 2. The number of rotatable bonds is 6. The van der Waals surface area contributed by atoms with Gasteiger partial charge in [0.1, 0.15) is 5.82 Å². The second-order valence-electron chi connectivity index (χ2n) is 4.93. The number of hydrogen-bond donors (Lipinski definition) is 0.